The van der Waals surface area contributed by atoms with Crippen LogP contribution in [0.15, 0.2) is 16.9 Å². The van der Waals surface area contributed by atoms with Crippen molar-refractivity contribution in [2.24, 2.45) is 0 Å². The molecular formula is C11H11N3O4. The normalized spacial score (nSPS) is 11.3. The first-order valence-corrected chi connectivity index (χ1v) is 5.01. The SMILES string of the molecule is C#CCNC(=O)C(C)n1nc(C(=O)O)ccc1=O. The van der Waals surface area contributed by atoms with Crippen molar-refractivity contribution in [3.8, 4) is 12.3 Å². The van der Waals surface area contributed by atoms with Crippen LogP contribution in [0.5, 0.6) is 0 Å². The van der Waals surface area contributed by atoms with E-state index in [0.29, 0.717) is 0 Å². The number of aromatic nitrogens is 2. The van der Waals surface area contributed by atoms with E-state index < -0.39 is 23.5 Å². The van der Waals surface area contributed by atoms with Crippen molar-refractivity contribution in [2.75, 3.05) is 6.54 Å². The maximum atomic E-state index is 11.6. The molecule has 1 aromatic heterocycles. The van der Waals surface area contributed by atoms with Crippen molar-refractivity contribution in [1.82, 2.24) is 15.1 Å². The number of terminal acetylenes is 1. The fourth-order valence-electron chi connectivity index (χ4n) is 1.21. The van der Waals surface area contributed by atoms with E-state index in [2.05, 4.69) is 16.3 Å². The maximum absolute atomic E-state index is 11.6. The van der Waals surface area contributed by atoms with E-state index in [-0.39, 0.29) is 12.2 Å². The Balaban J connectivity index is 3.05. The van der Waals surface area contributed by atoms with E-state index in [1.165, 1.54) is 6.92 Å². The molecule has 18 heavy (non-hydrogen) atoms. The maximum Gasteiger partial charge on any atom is 0.356 e. The van der Waals surface area contributed by atoms with Crippen LogP contribution in [0.4, 0.5) is 0 Å². The van der Waals surface area contributed by atoms with Gasteiger partial charge in [-0.2, -0.15) is 5.10 Å². The second-order valence-electron chi connectivity index (χ2n) is 3.40. The van der Waals surface area contributed by atoms with Gasteiger partial charge in [0.1, 0.15) is 6.04 Å². The Morgan fingerprint density at radius 3 is 2.83 bits per heavy atom. The molecule has 0 fully saturated rings. The van der Waals surface area contributed by atoms with Gasteiger partial charge in [0.2, 0.25) is 5.91 Å². The van der Waals surface area contributed by atoms with Crippen molar-refractivity contribution in [3.05, 3.63) is 28.2 Å². The molecule has 0 aliphatic carbocycles. The highest BCUT2D eigenvalue weighted by Crippen LogP contribution is 2.01. The number of nitrogens with one attached hydrogen (secondary N) is 1. The summed E-state index contributed by atoms with van der Waals surface area (Å²) in [5.74, 6) is 0.428. The van der Waals surface area contributed by atoms with Gasteiger partial charge in [-0.25, -0.2) is 9.48 Å². The lowest BCUT2D eigenvalue weighted by atomic mass is 10.3. The highest BCUT2D eigenvalue weighted by atomic mass is 16.4. The van der Waals surface area contributed by atoms with E-state index >= 15 is 0 Å². The highest BCUT2D eigenvalue weighted by molar-refractivity contribution is 5.85. The molecule has 1 amide bonds. The third-order valence-electron chi connectivity index (χ3n) is 2.16. The zero-order valence-electron chi connectivity index (χ0n) is 9.58. The summed E-state index contributed by atoms with van der Waals surface area (Å²) in [5, 5.41) is 14.7. The van der Waals surface area contributed by atoms with E-state index in [9.17, 15) is 14.4 Å². The topological polar surface area (TPSA) is 101 Å². The van der Waals surface area contributed by atoms with E-state index in [1.807, 2.05) is 0 Å². The summed E-state index contributed by atoms with van der Waals surface area (Å²) < 4.78 is 0.801. The first-order valence-electron chi connectivity index (χ1n) is 5.01. The minimum absolute atomic E-state index is 0.0244. The number of carbonyl (C=O) groups excluding carboxylic acids is 1. The molecule has 0 aliphatic rings. The van der Waals surface area contributed by atoms with E-state index in [4.69, 9.17) is 11.5 Å². The molecule has 7 nitrogen and oxygen atoms in total. The highest BCUT2D eigenvalue weighted by Gasteiger charge is 2.18. The molecule has 7 heteroatoms. The summed E-state index contributed by atoms with van der Waals surface area (Å²) in [5.41, 5.74) is -0.880. The van der Waals surface area contributed by atoms with Crippen LogP contribution >= 0.6 is 0 Å². The molecule has 0 saturated carbocycles. The Morgan fingerprint density at radius 2 is 2.28 bits per heavy atom. The Bertz CT molecular complexity index is 570. The van der Waals surface area contributed by atoms with Crippen molar-refractivity contribution in [3.63, 3.8) is 0 Å². The number of carboxylic acids is 1. The fraction of sp³-hybridized carbons (Fsp3) is 0.273. The number of carbonyl (C=O) groups is 2. The lowest BCUT2D eigenvalue weighted by molar-refractivity contribution is -0.124. The zero-order valence-corrected chi connectivity index (χ0v) is 9.58. The Labute approximate surface area is 102 Å². The second kappa shape index (κ2) is 5.63. The van der Waals surface area contributed by atoms with Crippen molar-refractivity contribution in [1.29, 1.82) is 0 Å². The first-order chi connectivity index (χ1) is 8.47. The predicted octanol–water partition coefficient (Wildman–Crippen LogP) is -0.748. The molecule has 1 atom stereocenters. The van der Waals surface area contributed by atoms with Crippen LogP contribution in [-0.4, -0.2) is 33.3 Å². The molecule has 1 rings (SSSR count). The summed E-state index contributed by atoms with van der Waals surface area (Å²) in [4.78, 5) is 33.8. The van der Waals surface area contributed by atoms with E-state index in [1.54, 1.807) is 0 Å². The lowest BCUT2D eigenvalue weighted by Crippen LogP contribution is -2.37. The summed E-state index contributed by atoms with van der Waals surface area (Å²) in [6, 6.07) is 1.18. The second-order valence-corrected chi connectivity index (χ2v) is 3.40. The van der Waals surface area contributed by atoms with Crippen LogP contribution < -0.4 is 10.9 Å². The molecule has 1 heterocycles. The van der Waals surface area contributed by atoms with Crippen LogP contribution in [-0.2, 0) is 4.79 Å². The minimum atomic E-state index is -1.28. The summed E-state index contributed by atoms with van der Waals surface area (Å²) in [7, 11) is 0. The van der Waals surface area contributed by atoms with Crippen LogP contribution in [0, 0.1) is 12.3 Å². The van der Waals surface area contributed by atoms with E-state index in [0.717, 1.165) is 16.8 Å². The molecule has 1 aromatic rings. The van der Waals surface area contributed by atoms with Crippen molar-refractivity contribution < 1.29 is 14.7 Å². The Kier molecular flexibility index (Phi) is 4.21. The molecule has 0 aliphatic heterocycles. The van der Waals surface area contributed by atoms with Crippen LogP contribution in [0.3, 0.4) is 0 Å². The molecular weight excluding hydrogens is 238 g/mol. The van der Waals surface area contributed by atoms with Crippen molar-refractivity contribution in [2.45, 2.75) is 13.0 Å². The fourth-order valence-corrected chi connectivity index (χ4v) is 1.21. The van der Waals surface area contributed by atoms with Gasteiger partial charge in [0.25, 0.3) is 5.56 Å². The number of carboxylic acid groups (broad SMARTS) is 1. The van der Waals surface area contributed by atoms with Gasteiger partial charge in [0, 0.05) is 6.07 Å². The monoisotopic (exact) mass is 249 g/mol. The quantitative estimate of drug-likeness (QED) is 0.684. The predicted molar refractivity (Wildman–Crippen MR) is 62.0 cm³/mol. The smallest absolute Gasteiger partial charge is 0.356 e. The molecule has 0 radical (unpaired) electrons. The molecule has 94 valence electrons. The van der Waals surface area contributed by atoms with Gasteiger partial charge < -0.3 is 10.4 Å². The molecule has 2 N–H and O–H groups in total. The molecule has 0 saturated heterocycles. The van der Waals surface area contributed by atoms with Gasteiger partial charge in [0.05, 0.1) is 6.54 Å². The average molecular weight is 249 g/mol. The minimum Gasteiger partial charge on any atom is -0.476 e. The zero-order chi connectivity index (χ0) is 13.7. The largest absolute Gasteiger partial charge is 0.476 e. The number of hydrogen-bond acceptors (Lipinski definition) is 4. The third-order valence-corrected chi connectivity index (χ3v) is 2.16. The average Bonchev–Trinajstić information content (AvgIpc) is 2.35. The number of aromatic carboxylic acids is 1. The first kappa shape index (κ1) is 13.4. The van der Waals surface area contributed by atoms with Gasteiger partial charge in [-0.05, 0) is 13.0 Å². The van der Waals surface area contributed by atoms with Crippen LogP contribution in [0.25, 0.3) is 0 Å². The van der Waals surface area contributed by atoms with Crippen LogP contribution in [0.2, 0.25) is 0 Å². The van der Waals surface area contributed by atoms with Crippen molar-refractivity contribution >= 4 is 11.9 Å². The van der Waals surface area contributed by atoms with Gasteiger partial charge >= 0.3 is 5.97 Å². The van der Waals surface area contributed by atoms with Gasteiger partial charge in [-0.3, -0.25) is 9.59 Å². The van der Waals surface area contributed by atoms with Gasteiger partial charge in [-0.15, -0.1) is 6.42 Å². The number of rotatable bonds is 4. The summed E-state index contributed by atoms with van der Waals surface area (Å²) in [6.07, 6.45) is 4.98. The number of hydrogen-bond donors (Lipinski definition) is 2. The lowest BCUT2D eigenvalue weighted by Gasteiger charge is -2.12. The number of amides is 1. The molecule has 0 bridgehead atoms. The summed E-state index contributed by atoms with van der Waals surface area (Å²) in [6.45, 7) is 1.45. The Hall–Kier alpha value is -2.62. The molecule has 1 unspecified atom stereocenters. The Morgan fingerprint density at radius 1 is 1.61 bits per heavy atom. The number of nitrogens with zero attached hydrogens (tertiary/aromatic N) is 2. The van der Waals surface area contributed by atoms with Gasteiger partial charge in [0.15, 0.2) is 5.69 Å². The standard InChI is InChI=1S/C11H11N3O4/c1-3-6-12-10(16)7(2)14-9(15)5-4-8(13-14)11(17)18/h1,4-5,7H,6H2,2H3,(H,12,16)(H,17,18). The third kappa shape index (κ3) is 2.95. The van der Waals surface area contributed by atoms with Crippen LogP contribution in [0.1, 0.15) is 23.5 Å². The molecule has 0 spiro atoms. The van der Waals surface area contributed by atoms with Gasteiger partial charge in [-0.1, -0.05) is 5.92 Å². The summed E-state index contributed by atoms with van der Waals surface area (Å²) >= 11 is 0. The molecule has 0 aromatic carbocycles.